The van der Waals surface area contributed by atoms with Crippen LogP contribution in [0.25, 0.3) is 11.3 Å². The molecule has 202 valence electrons. The van der Waals surface area contributed by atoms with Gasteiger partial charge in [-0.15, -0.1) is 0 Å². The Hall–Kier alpha value is -4.68. The van der Waals surface area contributed by atoms with Crippen LogP contribution in [0.4, 0.5) is 17.1 Å². The number of carbonyl (C=O) groups is 2. The lowest BCUT2D eigenvalue weighted by molar-refractivity contribution is -0.110. The molecule has 0 saturated carbocycles. The molecule has 0 aliphatic carbocycles. The van der Waals surface area contributed by atoms with Crippen LogP contribution in [0.1, 0.15) is 46.8 Å². The summed E-state index contributed by atoms with van der Waals surface area (Å²) in [6, 6.07) is 32.9. The van der Waals surface area contributed by atoms with Gasteiger partial charge in [0.1, 0.15) is 0 Å². The number of para-hydroxylation sites is 1. The number of rotatable bonds is 10. The molecule has 0 atom stereocenters. The molecule has 3 N–H and O–H groups in total. The summed E-state index contributed by atoms with van der Waals surface area (Å²) in [5.41, 5.74) is 6.83. The molecule has 5 rings (SSSR count). The van der Waals surface area contributed by atoms with Gasteiger partial charge in [0, 0.05) is 41.8 Å². The average molecular weight is 531 g/mol. The Morgan fingerprint density at radius 2 is 1.55 bits per heavy atom. The minimum atomic E-state index is -0.209. The van der Waals surface area contributed by atoms with Crippen LogP contribution in [-0.2, 0) is 11.3 Å². The van der Waals surface area contributed by atoms with E-state index in [1.807, 2.05) is 72.8 Å². The fraction of sp³-hybridized carbons (Fsp3) is 0.176. The third-order valence-corrected chi connectivity index (χ3v) is 7.03. The summed E-state index contributed by atoms with van der Waals surface area (Å²) in [5, 5.41) is 9.96. The highest BCUT2D eigenvalue weighted by Crippen LogP contribution is 2.38. The summed E-state index contributed by atoms with van der Waals surface area (Å²) in [7, 11) is 1.75. The summed E-state index contributed by atoms with van der Waals surface area (Å²) in [6.45, 7) is 4.00. The molecule has 1 aliphatic heterocycles. The molecule has 0 unspecified atom stereocenters. The van der Waals surface area contributed by atoms with Gasteiger partial charge in [0.15, 0.2) is 0 Å². The lowest BCUT2D eigenvalue weighted by atomic mass is 9.98. The summed E-state index contributed by atoms with van der Waals surface area (Å²) >= 11 is 0. The van der Waals surface area contributed by atoms with E-state index < -0.39 is 0 Å². The maximum absolute atomic E-state index is 13.4. The van der Waals surface area contributed by atoms with Crippen molar-refractivity contribution in [3.63, 3.8) is 0 Å². The fourth-order valence-corrected chi connectivity index (χ4v) is 4.78. The van der Waals surface area contributed by atoms with E-state index in [-0.39, 0.29) is 11.8 Å². The van der Waals surface area contributed by atoms with E-state index in [1.54, 1.807) is 30.1 Å². The topological polar surface area (TPSA) is 73.5 Å². The van der Waals surface area contributed by atoms with Crippen molar-refractivity contribution in [1.82, 2.24) is 5.32 Å². The molecule has 4 aromatic carbocycles. The summed E-state index contributed by atoms with van der Waals surface area (Å²) < 4.78 is 0. The van der Waals surface area contributed by atoms with Crippen LogP contribution in [-0.4, -0.2) is 25.4 Å². The van der Waals surface area contributed by atoms with Gasteiger partial charge in [0.05, 0.1) is 11.3 Å². The second-order valence-corrected chi connectivity index (χ2v) is 9.88. The van der Waals surface area contributed by atoms with Crippen molar-refractivity contribution in [2.24, 2.45) is 0 Å². The molecule has 0 saturated heterocycles. The highest BCUT2D eigenvalue weighted by molar-refractivity contribution is 6.37. The van der Waals surface area contributed by atoms with Crippen molar-refractivity contribution in [2.75, 3.05) is 29.1 Å². The number of hydrogen-bond donors (Lipinski definition) is 3. The molecule has 1 aliphatic rings. The second-order valence-electron chi connectivity index (χ2n) is 9.88. The lowest BCUT2D eigenvalue weighted by Crippen LogP contribution is -2.26. The van der Waals surface area contributed by atoms with E-state index in [9.17, 15) is 9.59 Å². The zero-order valence-corrected chi connectivity index (χ0v) is 22.9. The van der Waals surface area contributed by atoms with Gasteiger partial charge in [0.25, 0.3) is 11.8 Å². The maximum atomic E-state index is 13.4. The SMILES string of the molecule is CCCCNCc1ccc(N/C(=C2\C(=O)Nc3ccc(C(=O)N(C)c4ccccc4)cc32)c2ccccc2)cc1. The van der Waals surface area contributed by atoms with Crippen LogP contribution in [0, 0.1) is 0 Å². The normalized spacial score (nSPS) is 13.4. The molecule has 6 nitrogen and oxygen atoms in total. The molecular weight excluding hydrogens is 496 g/mol. The van der Waals surface area contributed by atoms with E-state index in [4.69, 9.17) is 0 Å². The van der Waals surface area contributed by atoms with Crippen molar-refractivity contribution in [1.29, 1.82) is 0 Å². The molecule has 0 bridgehead atoms. The minimum absolute atomic E-state index is 0.148. The molecule has 6 heteroatoms. The fourth-order valence-electron chi connectivity index (χ4n) is 4.78. The van der Waals surface area contributed by atoms with Crippen LogP contribution in [0.2, 0.25) is 0 Å². The largest absolute Gasteiger partial charge is 0.354 e. The Kier molecular flexibility index (Phi) is 8.38. The average Bonchev–Trinajstić information content (AvgIpc) is 3.33. The Morgan fingerprint density at radius 1 is 0.850 bits per heavy atom. The summed E-state index contributed by atoms with van der Waals surface area (Å²) in [5.74, 6) is -0.357. The van der Waals surface area contributed by atoms with Crippen LogP contribution in [0.5, 0.6) is 0 Å². The molecule has 2 amide bonds. The van der Waals surface area contributed by atoms with Gasteiger partial charge in [0.2, 0.25) is 0 Å². The van der Waals surface area contributed by atoms with Crippen LogP contribution >= 0.6 is 0 Å². The number of nitrogens with zero attached hydrogens (tertiary/aromatic N) is 1. The Labute approximate surface area is 235 Å². The first-order valence-electron chi connectivity index (χ1n) is 13.7. The van der Waals surface area contributed by atoms with Crippen molar-refractivity contribution in [3.05, 3.63) is 125 Å². The van der Waals surface area contributed by atoms with Crippen molar-refractivity contribution < 1.29 is 9.59 Å². The lowest BCUT2D eigenvalue weighted by Gasteiger charge is -2.18. The van der Waals surface area contributed by atoms with Crippen LogP contribution < -0.4 is 20.9 Å². The van der Waals surface area contributed by atoms with E-state index in [2.05, 4.69) is 35.0 Å². The number of anilines is 3. The minimum Gasteiger partial charge on any atom is -0.354 e. The number of carbonyl (C=O) groups excluding carboxylic acids is 2. The number of nitrogens with one attached hydrogen (secondary N) is 3. The summed E-state index contributed by atoms with van der Waals surface area (Å²) in [6.07, 6.45) is 2.33. The van der Waals surface area contributed by atoms with Crippen molar-refractivity contribution in [2.45, 2.75) is 26.3 Å². The third kappa shape index (κ3) is 5.98. The van der Waals surface area contributed by atoms with Gasteiger partial charge in [-0.1, -0.05) is 74.0 Å². The van der Waals surface area contributed by atoms with Crippen LogP contribution in [0.15, 0.2) is 103 Å². The zero-order chi connectivity index (χ0) is 27.9. The Morgan fingerprint density at radius 3 is 2.25 bits per heavy atom. The van der Waals surface area contributed by atoms with Crippen molar-refractivity contribution >= 4 is 40.1 Å². The van der Waals surface area contributed by atoms with E-state index in [0.29, 0.717) is 28.1 Å². The number of amides is 2. The molecule has 0 spiro atoms. The number of fused-ring (bicyclic) bond motifs is 1. The van der Waals surface area contributed by atoms with Gasteiger partial charge in [-0.2, -0.15) is 0 Å². The molecule has 1 heterocycles. The van der Waals surface area contributed by atoms with Gasteiger partial charge < -0.3 is 20.9 Å². The standard InChI is InChI=1S/C34H34N4O2/c1-3-4-21-35-23-24-15-18-27(19-16-24)36-32(25-11-7-5-8-12-25)31-29-22-26(17-20-30(29)37-33(31)39)34(40)38(2)28-13-9-6-10-14-28/h5-20,22,35-36H,3-4,21,23H2,1-2H3,(H,37,39)/b32-31-. The Balaban J connectivity index is 1.49. The molecule has 0 fully saturated rings. The first kappa shape index (κ1) is 26.9. The summed E-state index contributed by atoms with van der Waals surface area (Å²) in [4.78, 5) is 28.4. The first-order valence-corrected chi connectivity index (χ1v) is 13.7. The highest BCUT2D eigenvalue weighted by atomic mass is 16.2. The second kappa shape index (κ2) is 12.5. The molecule has 0 aromatic heterocycles. The number of unbranched alkanes of at least 4 members (excludes halogenated alkanes) is 1. The number of benzene rings is 4. The quantitative estimate of drug-likeness (QED) is 0.156. The number of hydrogen-bond acceptors (Lipinski definition) is 4. The third-order valence-electron chi connectivity index (χ3n) is 7.03. The van der Waals surface area contributed by atoms with Gasteiger partial charge in [-0.3, -0.25) is 9.59 Å². The van der Waals surface area contributed by atoms with E-state index in [1.165, 1.54) is 12.0 Å². The molecule has 0 radical (unpaired) electrons. The van der Waals surface area contributed by atoms with Gasteiger partial charge in [-0.05, 0) is 66.6 Å². The van der Waals surface area contributed by atoms with E-state index >= 15 is 0 Å². The predicted octanol–water partition coefficient (Wildman–Crippen LogP) is 6.79. The van der Waals surface area contributed by atoms with Crippen molar-refractivity contribution in [3.8, 4) is 0 Å². The molecule has 4 aromatic rings. The van der Waals surface area contributed by atoms with E-state index in [0.717, 1.165) is 36.4 Å². The van der Waals surface area contributed by atoms with Gasteiger partial charge >= 0.3 is 0 Å². The Bertz CT molecular complexity index is 1510. The predicted molar refractivity (Wildman–Crippen MR) is 164 cm³/mol. The first-order chi connectivity index (χ1) is 19.5. The smallest absolute Gasteiger partial charge is 0.258 e. The maximum Gasteiger partial charge on any atom is 0.258 e. The molecular formula is C34H34N4O2. The monoisotopic (exact) mass is 530 g/mol. The molecule has 40 heavy (non-hydrogen) atoms. The zero-order valence-electron chi connectivity index (χ0n) is 22.9. The highest BCUT2D eigenvalue weighted by Gasteiger charge is 2.30. The van der Waals surface area contributed by atoms with Gasteiger partial charge in [-0.25, -0.2) is 0 Å². The van der Waals surface area contributed by atoms with Crippen LogP contribution in [0.3, 0.4) is 0 Å².